The summed E-state index contributed by atoms with van der Waals surface area (Å²) in [5, 5.41) is 7.04. The maximum atomic E-state index is 13.2. The van der Waals surface area contributed by atoms with Crippen molar-refractivity contribution in [2.45, 2.75) is 26.2 Å². The SMILES string of the molecule is CCc1nc(N2CCC[C@@H](C(=O)Nc3cccc(-c4ccc(F)cc4)c3)C2)no1. The maximum Gasteiger partial charge on any atom is 0.266 e. The van der Waals surface area contributed by atoms with Crippen LogP contribution in [0.1, 0.15) is 25.7 Å². The van der Waals surface area contributed by atoms with E-state index in [1.54, 1.807) is 12.1 Å². The molecule has 1 N–H and O–H groups in total. The lowest BCUT2D eigenvalue weighted by atomic mass is 9.97. The molecule has 1 aliphatic rings. The van der Waals surface area contributed by atoms with Gasteiger partial charge < -0.3 is 14.7 Å². The molecule has 1 aliphatic heterocycles. The van der Waals surface area contributed by atoms with Gasteiger partial charge in [-0.1, -0.05) is 31.2 Å². The molecule has 7 heteroatoms. The number of rotatable bonds is 5. The molecule has 0 aliphatic carbocycles. The molecule has 0 spiro atoms. The largest absolute Gasteiger partial charge is 0.337 e. The molecule has 1 fully saturated rings. The zero-order valence-corrected chi connectivity index (χ0v) is 16.3. The Hall–Kier alpha value is -3.22. The summed E-state index contributed by atoms with van der Waals surface area (Å²) in [7, 11) is 0. The van der Waals surface area contributed by atoms with Gasteiger partial charge in [-0.05, 0) is 53.4 Å². The maximum absolute atomic E-state index is 13.2. The van der Waals surface area contributed by atoms with Gasteiger partial charge in [-0.15, -0.1) is 0 Å². The van der Waals surface area contributed by atoms with Gasteiger partial charge in [0, 0.05) is 25.2 Å². The summed E-state index contributed by atoms with van der Waals surface area (Å²) in [6.07, 6.45) is 2.40. The van der Waals surface area contributed by atoms with E-state index in [4.69, 9.17) is 4.52 Å². The molecule has 3 aromatic rings. The number of hydrogen-bond donors (Lipinski definition) is 1. The Bertz CT molecular complexity index is 986. The molecular weight excluding hydrogens is 371 g/mol. The molecule has 4 rings (SSSR count). The summed E-state index contributed by atoms with van der Waals surface area (Å²) in [6.45, 7) is 3.34. The number of nitrogens with one attached hydrogen (secondary N) is 1. The van der Waals surface area contributed by atoms with Crippen molar-refractivity contribution >= 4 is 17.5 Å². The van der Waals surface area contributed by atoms with Crippen LogP contribution in [-0.4, -0.2) is 29.1 Å². The Kier molecular flexibility index (Phi) is 5.55. The zero-order chi connectivity index (χ0) is 20.2. The minimum atomic E-state index is -0.271. The zero-order valence-electron chi connectivity index (χ0n) is 16.3. The van der Waals surface area contributed by atoms with Crippen molar-refractivity contribution in [1.29, 1.82) is 0 Å². The highest BCUT2D eigenvalue weighted by Crippen LogP contribution is 2.25. The van der Waals surface area contributed by atoms with E-state index in [1.165, 1.54) is 12.1 Å². The normalized spacial score (nSPS) is 16.6. The van der Waals surface area contributed by atoms with Gasteiger partial charge >= 0.3 is 0 Å². The Morgan fingerprint density at radius 1 is 1.24 bits per heavy atom. The number of hydrogen-bond acceptors (Lipinski definition) is 5. The predicted molar refractivity (Wildman–Crippen MR) is 109 cm³/mol. The highest BCUT2D eigenvalue weighted by atomic mass is 19.1. The number of carbonyl (C=O) groups excluding carboxylic acids is 1. The average Bonchev–Trinajstić information content (AvgIpc) is 3.24. The monoisotopic (exact) mass is 394 g/mol. The van der Waals surface area contributed by atoms with Crippen LogP contribution in [0.2, 0.25) is 0 Å². The van der Waals surface area contributed by atoms with Gasteiger partial charge in [0.1, 0.15) is 5.82 Å². The fourth-order valence-electron chi connectivity index (χ4n) is 3.55. The molecule has 0 radical (unpaired) electrons. The number of carbonyl (C=O) groups is 1. The first kappa shape index (κ1) is 19.1. The van der Waals surface area contributed by atoms with Gasteiger partial charge in [0.2, 0.25) is 11.8 Å². The Morgan fingerprint density at radius 2 is 2.07 bits per heavy atom. The van der Waals surface area contributed by atoms with E-state index in [-0.39, 0.29) is 17.6 Å². The van der Waals surface area contributed by atoms with Crippen LogP contribution >= 0.6 is 0 Å². The summed E-state index contributed by atoms with van der Waals surface area (Å²) in [5.74, 6) is 0.710. The minimum absolute atomic E-state index is 0.0230. The number of aromatic nitrogens is 2. The number of anilines is 2. The molecular formula is C22H23FN4O2. The molecule has 1 saturated heterocycles. The van der Waals surface area contributed by atoms with Crippen LogP contribution in [0.5, 0.6) is 0 Å². The van der Waals surface area contributed by atoms with Crippen molar-refractivity contribution in [3.8, 4) is 11.1 Å². The second-order valence-electron chi connectivity index (χ2n) is 7.20. The van der Waals surface area contributed by atoms with Crippen LogP contribution in [0.4, 0.5) is 16.0 Å². The topological polar surface area (TPSA) is 71.3 Å². The molecule has 0 bridgehead atoms. The van der Waals surface area contributed by atoms with E-state index in [0.717, 1.165) is 36.2 Å². The van der Waals surface area contributed by atoms with E-state index < -0.39 is 0 Å². The van der Waals surface area contributed by atoms with Crippen molar-refractivity contribution in [3.63, 3.8) is 0 Å². The molecule has 150 valence electrons. The van der Waals surface area contributed by atoms with E-state index in [0.29, 0.717) is 24.8 Å². The van der Waals surface area contributed by atoms with Crippen LogP contribution < -0.4 is 10.2 Å². The molecule has 2 heterocycles. The van der Waals surface area contributed by atoms with Crippen molar-refractivity contribution in [2.75, 3.05) is 23.3 Å². The molecule has 6 nitrogen and oxygen atoms in total. The van der Waals surface area contributed by atoms with Gasteiger partial charge in [0.25, 0.3) is 5.95 Å². The second kappa shape index (κ2) is 8.43. The number of piperidine rings is 1. The van der Waals surface area contributed by atoms with Crippen LogP contribution in [-0.2, 0) is 11.2 Å². The number of halogens is 1. The summed E-state index contributed by atoms with van der Waals surface area (Å²) >= 11 is 0. The van der Waals surface area contributed by atoms with Crippen LogP contribution in [0, 0.1) is 11.7 Å². The predicted octanol–water partition coefficient (Wildman–Crippen LogP) is 4.29. The van der Waals surface area contributed by atoms with Crippen molar-refractivity contribution in [3.05, 3.63) is 60.2 Å². The highest BCUT2D eigenvalue weighted by Gasteiger charge is 2.28. The number of benzene rings is 2. The van der Waals surface area contributed by atoms with Gasteiger partial charge in [-0.3, -0.25) is 4.79 Å². The molecule has 1 aromatic heterocycles. The summed E-state index contributed by atoms with van der Waals surface area (Å²) in [6, 6.07) is 13.9. The van der Waals surface area contributed by atoms with Crippen molar-refractivity contribution in [2.24, 2.45) is 5.92 Å². The molecule has 0 unspecified atom stereocenters. The van der Waals surface area contributed by atoms with Crippen LogP contribution in [0.15, 0.2) is 53.1 Å². The fourth-order valence-corrected chi connectivity index (χ4v) is 3.55. The summed E-state index contributed by atoms with van der Waals surface area (Å²) in [4.78, 5) is 19.2. The molecule has 2 aromatic carbocycles. The van der Waals surface area contributed by atoms with Crippen molar-refractivity contribution < 1.29 is 13.7 Å². The Labute approximate surface area is 168 Å². The van der Waals surface area contributed by atoms with Crippen molar-refractivity contribution in [1.82, 2.24) is 10.1 Å². The first-order chi connectivity index (χ1) is 14.1. The third-order valence-electron chi connectivity index (χ3n) is 5.14. The third kappa shape index (κ3) is 4.45. The van der Waals surface area contributed by atoms with E-state index in [1.807, 2.05) is 36.1 Å². The van der Waals surface area contributed by atoms with E-state index in [2.05, 4.69) is 15.5 Å². The Morgan fingerprint density at radius 3 is 2.83 bits per heavy atom. The van der Waals surface area contributed by atoms with Crippen LogP contribution in [0.25, 0.3) is 11.1 Å². The van der Waals surface area contributed by atoms with E-state index >= 15 is 0 Å². The standard InChI is InChI=1S/C22H23FN4O2/c1-2-20-25-22(26-29-20)27-12-4-6-17(14-27)21(28)24-19-7-3-5-16(13-19)15-8-10-18(23)11-9-15/h3,5,7-11,13,17H,2,4,6,12,14H2,1H3,(H,24,28)/t17-/m1/s1. The minimum Gasteiger partial charge on any atom is -0.337 e. The van der Waals surface area contributed by atoms with Gasteiger partial charge in [-0.2, -0.15) is 4.98 Å². The smallest absolute Gasteiger partial charge is 0.266 e. The third-order valence-corrected chi connectivity index (χ3v) is 5.14. The van der Waals surface area contributed by atoms with Crippen LogP contribution in [0.3, 0.4) is 0 Å². The lowest BCUT2D eigenvalue weighted by molar-refractivity contribution is -0.120. The molecule has 0 saturated carbocycles. The van der Waals surface area contributed by atoms with E-state index in [9.17, 15) is 9.18 Å². The fraction of sp³-hybridized carbons (Fsp3) is 0.318. The number of amides is 1. The molecule has 29 heavy (non-hydrogen) atoms. The number of aryl methyl sites for hydroxylation is 1. The van der Waals surface area contributed by atoms with Gasteiger partial charge in [-0.25, -0.2) is 4.39 Å². The summed E-state index contributed by atoms with van der Waals surface area (Å²) in [5.41, 5.74) is 2.55. The summed E-state index contributed by atoms with van der Waals surface area (Å²) < 4.78 is 18.4. The lowest BCUT2D eigenvalue weighted by Gasteiger charge is -2.30. The quantitative estimate of drug-likeness (QED) is 0.699. The van der Waals surface area contributed by atoms with Gasteiger partial charge in [0.05, 0.1) is 5.92 Å². The molecule has 1 amide bonds. The average molecular weight is 394 g/mol. The Balaban J connectivity index is 1.43. The number of nitrogens with zero attached hydrogens (tertiary/aromatic N) is 3. The van der Waals surface area contributed by atoms with Gasteiger partial charge in [0.15, 0.2) is 0 Å². The molecule has 1 atom stereocenters. The lowest BCUT2D eigenvalue weighted by Crippen LogP contribution is -2.41. The first-order valence-corrected chi connectivity index (χ1v) is 9.87. The first-order valence-electron chi connectivity index (χ1n) is 9.87. The second-order valence-corrected chi connectivity index (χ2v) is 7.20. The highest BCUT2D eigenvalue weighted by molar-refractivity contribution is 5.93.